The fourth-order valence-corrected chi connectivity index (χ4v) is 4.26. The summed E-state index contributed by atoms with van der Waals surface area (Å²) in [6, 6.07) is 13.3. The van der Waals surface area contributed by atoms with E-state index in [1.54, 1.807) is 55.6 Å². The summed E-state index contributed by atoms with van der Waals surface area (Å²) in [6.07, 6.45) is 1.26. The Bertz CT molecular complexity index is 1040. The summed E-state index contributed by atoms with van der Waals surface area (Å²) in [5.74, 6) is -0.467. The molecule has 3 rings (SSSR count). The summed E-state index contributed by atoms with van der Waals surface area (Å²) < 4.78 is 36.1. The average Bonchev–Trinajstić information content (AvgIpc) is 2.72. The minimum Gasteiger partial charge on any atom is -0.497 e. The van der Waals surface area contributed by atoms with Gasteiger partial charge in [0.2, 0.25) is 21.8 Å². The lowest BCUT2D eigenvalue weighted by molar-refractivity contribution is -0.128. The molecule has 1 aliphatic rings. The molecule has 1 aliphatic heterocycles. The van der Waals surface area contributed by atoms with Crippen molar-refractivity contribution in [2.75, 3.05) is 25.4 Å². The molecule has 1 fully saturated rings. The number of para-hydroxylation sites is 1. The molecule has 160 valence electrons. The van der Waals surface area contributed by atoms with E-state index in [-0.39, 0.29) is 18.7 Å². The maximum Gasteiger partial charge on any atom is 0.238 e. The number of piperidine rings is 1. The van der Waals surface area contributed by atoms with Crippen LogP contribution in [-0.4, -0.2) is 40.7 Å². The van der Waals surface area contributed by atoms with Gasteiger partial charge >= 0.3 is 0 Å². The van der Waals surface area contributed by atoms with Crippen molar-refractivity contribution < 1.29 is 27.5 Å². The van der Waals surface area contributed by atoms with Crippen LogP contribution in [0.25, 0.3) is 0 Å². The lowest BCUT2D eigenvalue weighted by atomic mass is 9.83. The van der Waals surface area contributed by atoms with Gasteiger partial charge in [-0.3, -0.25) is 14.3 Å². The van der Waals surface area contributed by atoms with E-state index in [9.17, 15) is 18.0 Å². The van der Waals surface area contributed by atoms with Crippen molar-refractivity contribution in [3.63, 3.8) is 0 Å². The van der Waals surface area contributed by atoms with Crippen LogP contribution in [-0.2, 0) is 19.6 Å². The van der Waals surface area contributed by atoms with Crippen molar-refractivity contribution in [1.82, 2.24) is 4.72 Å². The second kappa shape index (κ2) is 8.74. The van der Waals surface area contributed by atoms with Crippen molar-refractivity contribution in [1.29, 1.82) is 0 Å². The number of hydrogen-bond acceptors (Lipinski definition) is 6. The average molecular weight is 432 g/mol. The first-order valence-electron chi connectivity index (χ1n) is 9.36. The van der Waals surface area contributed by atoms with Gasteiger partial charge in [-0.1, -0.05) is 18.2 Å². The molecular weight excluding hydrogens is 408 g/mol. The van der Waals surface area contributed by atoms with E-state index in [2.05, 4.69) is 4.72 Å². The molecular formula is C21H24N2O6S. The normalized spacial score (nSPS) is 19.3. The van der Waals surface area contributed by atoms with Crippen molar-refractivity contribution >= 4 is 27.5 Å². The van der Waals surface area contributed by atoms with Gasteiger partial charge in [-0.25, -0.2) is 8.42 Å². The second-order valence-corrected chi connectivity index (χ2v) is 8.78. The Morgan fingerprint density at radius 3 is 2.33 bits per heavy atom. The molecule has 0 aliphatic carbocycles. The molecule has 0 spiro atoms. The molecule has 2 aromatic rings. The molecule has 2 atom stereocenters. The number of anilines is 1. The summed E-state index contributed by atoms with van der Waals surface area (Å²) >= 11 is 0. The highest BCUT2D eigenvalue weighted by Gasteiger charge is 2.43. The van der Waals surface area contributed by atoms with E-state index < -0.39 is 27.9 Å². The third-order valence-corrected chi connectivity index (χ3v) is 5.60. The van der Waals surface area contributed by atoms with Gasteiger partial charge in [0.25, 0.3) is 0 Å². The molecule has 2 aromatic carbocycles. The molecule has 1 heterocycles. The zero-order valence-electron chi connectivity index (χ0n) is 17.0. The quantitative estimate of drug-likeness (QED) is 0.751. The summed E-state index contributed by atoms with van der Waals surface area (Å²) in [6.45, 7) is 0. The monoisotopic (exact) mass is 432 g/mol. The predicted octanol–water partition coefficient (Wildman–Crippen LogP) is 2.26. The van der Waals surface area contributed by atoms with Crippen LogP contribution in [0.5, 0.6) is 11.5 Å². The molecule has 9 heteroatoms. The van der Waals surface area contributed by atoms with Gasteiger partial charge in [-0.15, -0.1) is 0 Å². The summed E-state index contributed by atoms with van der Waals surface area (Å²) in [5.41, 5.74) is 1.20. The zero-order valence-corrected chi connectivity index (χ0v) is 17.8. The highest BCUT2D eigenvalue weighted by Crippen LogP contribution is 2.43. The fourth-order valence-electron chi connectivity index (χ4n) is 3.74. The molecule has 1 saturated heterocycles. The van der Waals surface area contributed by atoms with E-state index in [1.807, 2.05) is 0 Å². The number of sulfonamides is 1. The molecule has 0 radical (unpaired) electrons. The number of rotatable bonds is 6. The Balaban J connectivity index is 2.13. The number of nitrogens with zero attached hydrogens (tertiary/aromatic N) is 1. The largest absolute Gasteiger partial charge is 0.497 e. The van der Waals surface area contributed by atoms with E-state index >= 15 is 0 Å². The lowest BCUT2D eigenvalue weighted by Gasteiger charge is -2.41. The van der Waals surface area contributed by atoms with Gasteiger partial charge in [-0.05, 0) is 36.8 Å². The van der Waals surface area contributed by atoms with Gasteiger partial charge in [0, 0.05) is 17.7 Å². The Labute approximate surface area is 175 Å². The Morgan fingerprint density at radius 2 is 1.73 bits per heavy atom. The van der Waals surface area contributed by atoms with Gasteiger partial charge in [0.05, 0.1) is 32.4 Å². The summed E-state index contributed by atoms with van der Waals surface area (Å²) in [4.78, 5) is 27.4. The number of carbonyl (C=O) groups is 2. The molecule has 0 saturated carbocycles. The van der Waals surface area contributed by atoms with Crippen LogP contribution >= 0.6 is 0 Å². The van der Waals surface area contributed by atoms with E-state index in [0.717, 1.165) is 6.26 Å². The van der Waals surface area contributed by atoms with Crippen LogP contribution < -0.4 is 19.1 Å². The third-order valence-electron chi connectivity index (χ3n) is 5.03. The minimum atomic E-state index is -3.75. The first-order valence-corrected chi connectivity index (χ1v) is 11.2. The Kier molecular flexibility index (Phi) is 6.31. The molecule has 0 aromatic heterocycles. The molecule has 2 amide bonds. The number of hydrogen-bond donors (Lipinski definition) is 1. The number of ether oxygens (including phenoxy) is 2. The van der Waals surface area contributed by atoms with E-state index in [4.69, 9.17) is 9.47 Å². The smallest absolute Gasteiger partial charge is 0.238 e. The van der Waals surface area contributed by atoms with Crippen LogP contribution in [0.2, 0.25) is 0 Å². The first-order chi connectivity index (χ1) is 14.2. The van der Waals surface area contributed by atoms with Crippen LogP contribution in [0, 0.1) is 5.92 Å². The highest BCUT2D eigenvalue weighted by molar-refractivity contribution is 7.89. The van der Waals surface area contributed by atoms with Gasteiger partial charge in [0.15, 0.2) is 0 Å². The molecule has 0 bridgehead atoms. The second-order valence-electron chi connectivity index (χ2n) is 7.03. The standard InChI is InChI=1S/C21H24N2O6S/c1-28-15-10-8-14(9-11-15)23-19(24)13-12-17(21(25)22-30(3,26)27)20(23)16-6-4-5-7-18(16)29-2/h4-11,17,20H,12-13H2,1-3H3,(H,22,25). The predicted molar refractivity (Wildman–Crippen MR) is 112 cm³/mol. The van der Waals surface area contributed by atoms with Crippen molar-refractivity contribution in [2.24, 2.45) is 5.92 Å². The number of amides is 2. The highest BCUT2D eigenvalue weighted by atomic mass is 32.2. The third kappa shape index (κ3) is 4.56. The van der Waals surface area contributed by atoms with Gasteiger partial charge < -0.3 is 14.4 Å². The van der Waals surface area contributed by atoms with Crippen LogP contribution in [0.15, 0.2) is 48.5 Å². The van der Waals surface area contributed by atoms with Gasteiger partial charge in [-0.2, -0.15) is 0 Å². The number of carbonyl (C=O) groups excluding carboxylic acids is 2. The van der Waals surface area contributed by atoms with E-state index in [0.29, 0.717) is 22.7 Å². The van der Waals surface area contributed by atoms with E-state index in [1.165, 1.54) is 12.0 Å². The van der Waals surface area contributed by atoms with Crippen molar-refractivity contribution in [3.05, 3.63) is 54.1 Å². The SMILES string of the molecule is COc1ccc(N2C(=O)CCC(C(=O)NS(C)(=O)=O)C2c2ccccc2OC)cc1. The van der Waals surface area contributed by atoms with Crippen molar-refractivity contribution in [3.8, 4) is 11.5 Å². The van der Waals surface area contributed by atoms with Crippen LogP contribution in [0.1, 0.15) is 24.4 Å². The summed E-state index contributed by atoms with van der Waals surface area (Å²) in [7, 11) is -0.697. The maximum absolute atomic E-state index is 13.0. The van der Waals surface area contributed by atoms with Gasteiger partial charge in [0.1, 0.15) is 11.5 Å². The van der Waals surface area contributed by atoms with Crippen LogP contribution in [0.3, 0.4) is 0 Å². The molecule has 30 heavy (non-hydrogen) atoms. The van der Waals surface area contributed by atoms with Crippen LogP contribution in [0.4, 0.5) is 5.69 Å². The molecule has 1 N–H and O–H groups in total. The minimum absolute atomic E-state index is 0.111. The molecule has 8 nitrogen and oxygen atoms in total. The summed E-state index contributed by atoms with van der Waals surface area (Å²) in [5, 5.41) is 0. The topological polar surface area (TPSA) is 102 Å². The number of nitrogens with one attached hydrogen (secondary N) is 1. The lowest BCUT2D eigenvalue weighted by Crippen LogP contribution is -2.49. The Hall–Kier alpha value is -3.07. The molecule has 2 unspecified atom stereocenters. The Morgan fingerprint density at radius 1 is 1.07 bits per heavy atom. The fraction of sp³-hybridized carbons (Fsp3) is 0.333. The van der Waals surface area contributed by atoms with Crippen molar-refractivity contribution in [2.45, 2.75) is 18.9 Å². The first kappa shape index (κ1) is 21.6. The zero-order chi connectivity index (χ0) is 21.9. The number of methoxy groups -OCH3 is 2. The number of benzene rings is 2. The maximum atomic E-state index is 13.0.